The van der Waals surface area contributed by atoms with E-state index in [9.17, 15) is 4.79 Å². The lowest BCUT2D eigenvalue weighted by atomic mass is 10.2. The van der Waals surface area contributed by atoms with Gasteiger partial charge < -0.3 is 0 Å². The van der Waals surface area contributed by atoms with E-state index >= 15 is 0 Å². The predicted octanol–water partition coefficient (Wildman–Crippen LogP) is -0.259. The zero-order valence-corrected chi connectivity index (χ0v) is 8.53. The number of nitrogens with zero attached hydrogens (tertiary/aromatic N) is 5. The summed E-state index contributed by atoms with van der Waals surface area (Å²) in [5.74, 6) is 0.268. The summed E-state index contributed by atoms with van der Waals surface area (Å²) < 4.78 is 1.38. The van der Waals surface area contributed by atoms with Crippen molar-refractivity contribution in [3.8, 4) is 17.2 Å². The van der Waals surface area contributed by atoms with Gasteiger partial charge in [-0.05, 0) is 17.3 Å². The molecule has 84 valence electrons. The van der Waals surface area contributed by atoms with Gasteiger partial charge in [-0.3, -0.25) is 14.9 Å². The average Bonchev–Trinajstić information content (AvgIpc) is 2.99. The molecule has 3 rings (SSSR count). The number of pyridine rings is 1. The Labute approximate surface area is 94.3 Å². The topological polar surface area (TPSA) is 105 Å². The number of hydrogen-bond donors (Lipinski definition) is 2. The molecule has 0 radical (unpaired) electrons. The first-order valence-electron chi connectivity index (χ1n) is 4.81. The minimum absolute atomic E-state index is 0.256. The third kappa shape index (κ3) is 1.61. The number of aromatic amines is 2. The van der Waals surface area contributed by atoms with Crippen LogP contribution in [0.1, 0.15) is 0 Å². The first-order chi connectivity index (χ1) is 8.34. The molecule has 0 saturated carbocycles. The van der Waals surface area contributed by atoms with Gasteiger partial charge in [-0.2, -0.15) is 5.21 Å². The number of hydrogen-bond acceptors (Lipinski definition) is 5. The van der Waals surface area contributed by atoms with Crippen LogP contribution in [0.3, 0.4) is 0 Å². The van der Waals surface area contributed by atoms with E-state index in [1.54, 1.807) is 24.5 Å². The highest BCUT2D eigenvalue weighted by Gasteiger charge is 2.10. The smallest absolute Gasteiger partial charge is 0.267 e. The normalized spacial score (nSPS) is 10.6. The monoisotopic (exact) mass is 229 g/mol. The summed E-state index contributed by atoms with van der Waals surface area (Å²) in [5.41, 5.74) is 0.792. The summed E-state index contributed by atoms with van der Waals surface area (Å²) in [6.45, 7) is 0. The van der Waals surface area contributed by atoms with Crippen molar-refractivity contribution in [2.24, 2.45) is 0 Å². The van der Waals surface area contributed by atoms with Gasteiger partial charge in [0.2, 0.25) is 0 Å². The maximum absolute atomic E-state index is 11.7. The fourth-order valence-corrected chi connectivity index (χ4v) is 1.46. The van der Waals surface area contributed by atoms with Crippen molar-refractivity contribution < 1.29 is 0 Å². The van der Waals surface area contributed by atoms with Crippen LogP contribution in [0.5, 0.6) is 0 Å². The Kier molecular flexibility index (Phi) is 2.04. The molecule has 17 heavy (non-hydrogen) atoms. The minimum atomic E-state index is -0.256. The highest BCUT2D eigenvalue weighted by Crippen LogP contribution is 2.11. The van der Waals surface area contributed by atoms with Crippen molar-refractivity contribution in [2.75, 3.05) is 0 Å². The minimum Gasteiger partial charge on any atom is -0.267 e. The molecular weight excluding hydrogens is 222 g/mol. The van der Waals surface area contributed by atoms with Crippen LogP contribution in [-0.2, 0) is 0 Å². The SMILES string of the molecule is O=c1[nH]n(-c2nn[nH]n2)cc1-c1ccccn1. The zero-order valence-electron chi connectivity index (χ0n) is 8.53. The summed E-state index contributed by atoms with van der Waals surface area (Å²) in [5, 5.41) is 15.8. The van der Waals surface area contributed by atoms with Gasteiger partial charge in [0.1, 0.15) is 0 Å². The van der Waals surface area contributed by atoms with Gasteiger partial charge in [0.05, 0.1) is 11.3 Å². The standard InChI is InChI=1S/C9H7N7O/c17-8-6(7-3-1-2-4-10-7)5-16(13-8)9-11-14-15-12-9/h1-5H,(H,13,17)(H,11,12,14,15). The van der Waals surface area contributed by atoms with Gasteiger partial charge in [-0.25, -0.2) is 4.68 Å². The molecule has 3 aromatic heterocycles. The number of nitrogens with one attached hydrogen (secondary N) is 2. The van der Waals surface area contributed by atoms with Gasteiger partial charge in [0, 0.05) is 12.4 Å². The van der Waals surface area contributed by atoms with Crippen molar-refractivity contribution in [1.82, 2.24) is 35.4 Å². The first-order valence-corrected chi connectivity index (χ1v) is 4.81. The van der Waals surface area contributed by atoms with Gasteiger partial charge in [0.15, 0.2) is 0 Å². The maximum Gasteiger partial charge on any atom is 0.288 e. The van der Waals surface area contributed by atoms with Gasteiger partial charge >= 0.3 is 0 Å². The van der Waals surface area contributed by atoms with Crippen LogP contribution in [0.2, 0.25) is 0 Å². The molecule has 3 heterocycles. The lowest BCUT2D eigenvalue weighted by molar-refractivity contribution is 0.801. The summed E-state index contributed by atoms with van der Waals surface area (Å²) in [6, 6.07) is 5.35. The van der Waals surface area contributed by atoms with E-state index in [1.165, 1.54) is 4.68 Å². The zero-order chi connectivity index (χ0) is 11.7. The van der Waals surface area contributed by atoms with Crippen LogP contribution < -0.4 is 5.56 Å². The highest BCUT2D eigenvalue weighted by atomic mass is 16.1. The molecule has 0 aliphatic heterocycles. The first kappa shape index (κ1) is 9.46. The second kappa shape index (κ2) is 3.67. The van der Waals surface area contributed by atoms with E-state index in [2.05, 4.69) is 30.7 Å². The molecule has 0 spiro atoms. The molecule has 0 amide bonds. The van der Waals surface area contributed by atoms with Crippen molar-refractivity contribution in [3.63, 3.8) is 0 Å². The molecule has 0 bridgehead atoms. The van der Waals surface area contributed by atoms with Crippen molar-refractivity contribution in [2.45, 2.75) is 0 Å². The molecule has 0 fully saturated rings. The van der Waals surface area contributed by atoms with E-state index in [-0.39, 0.29) is 11.5 Å². The van der Waals surface area contributed by atoms with Crippen LogP contribution in [0.15, 0.2) is 35.4 Å². The molecular formula is C9H7N7O. The Balaban J connectivity index is 2.12. The van der Waals surface area contributed by atoms with Crippen LogP contribution >= 0.6 is 0 Å². The van der Waals surface area contributed by atoms with Gasteiger partial charge in [0.25, 0.3) is 11.5 Å². The highest BCUT2D eigenvalue weighted by molar-refractivity contribution is 5.56. The van der Waals surface area contributed by atoms with Crippen LogP contribution in [0, 0.1) is 0 Å². The van der Waals surface area contributed by atoms with Crippen LogP contribution in [0.4, 0.5) is 0 Å². The second-order valence-corrected chi connectivity index (χ2v) is 3.28. The van der Waals surface area contributed by atoms with Crippen LogP contribution in [-0.4, -0.2) is 35.4 Å². The Hall–Kier alpha value is -2.77. The largest absolute Gasteiger partial charge is 0.288 e. The molecule has 8 heteroatoms. The third-order valence-electron chi connectivity index (χ3n) is 2.22. The number of rotatable bonds is 2. The second-order valence-electron chi connectivity index (χ2n) is 3.28. The van der Waals surface area contributed by atoms with Gasteiger partial charge in [-0.1, -0.05) is 11.2 Å². The third-order valence-corrected chi connectivity index (χ3v) is 2.22. The Bertz CT molecular complexity index is 667. The molecule has 2 N–H and O–H groups in total. The van der Waals surface area contributed by atoms with Crippen molar-refractivity contribution in [3.05, 3.63) is 40.9 Å². The van der Waals surface area contributed by atoms with E-state index in [4.69, 9.17) is 0 Å². The molecule has 0 atom stereocenters. The van der Waals surface area contributed by atoms with E-state index in [0.717, 1.165) is 0 Å². The molecule has 0 aromatic carbocycles. The lowest BCUT2D eigenvalue weighted by Gasteiger charge is -1.92. The number of H-pyrrole nitrogens is 2. The summed E-state index contributed by atoms with van der Waals surface area (Å²) >= 11 is 0. The fraction of sp³-hybridized carbons (Fsp3) is 0. The molecule has 0 unspecified atom stereocenters. The maximum atomic E-state index is 11.7. The molecule has 0 aliphatic rings. The number of aromatic nitrogens is 7. The Morgan fingerprint density at radius 3 is 2.94 bits per heavy atom. The van der Waals surface area contributed by atoms with Crippen molar-refractivity contribution in [1.29, 1.82) is 0 Å². The molecule has 3 aromatic rings. The van der Waals surface area contributed by atoms with Crippen molar-refractivity contribution >= 4 is 0 Å². The predicted molar refractivity (Wildman–Crippen MR) is 57.4 cm³/mol. The van der Waals surface area contributed by atoms with E-state index in [1.807, 2.05) is 6.07 Å². The molecule has 0 aliphatic carbocycles. The van der Waals surface area contributed by atoms with Gasteiger partial charge in [-0.15, -0.1) is 5.10 Å². The summed E-state index contributed by atoms with van der Waals surface area (Å²) in [4.78, 5) is 15.8. The average molecular weight is 229 g/mol. The Morgan fingerprint density at radius 1 is 1.29 bits per heavy atom. The summed E-state index contributed by atoms with van der Waals surface area (Å²) in [7, 11) is 0. The summed E-state index contributed by atoms with van der Waals surface area (Å²) in [6.07, 6.45) is 3.20. The lowest BCUT2D eigenvalue weighted by Crippen LogP contribution is -2.06. The fourth-order valence-electron chi connectivity index (χ4n) is 1.46. The van der Waals surface area contributed by atoms with E-state index < -0.39 is 0 Å². The molecule has 8 nitrogen and oxygen atoms in total. The number of tetrazole rings is 1. The Morgan fingerprint density at radius 2 is 2.24 bits per heavy atom. The quantitative estimate of drug-likeness (QED) is 0.629. The molecule has 0 saturated heterocycles. The van der Waals surface area contributed by atoms with Crippen LogP contribution in [0.25, 0.3) is 17.2 Å². The van der Waals surface area contributed by atoms with E-state index in [0.29, 0.717) is 11.3 Å².